The maximum atomic E-state index is 12.9. The van der Waals surface area contributed by atoms with E-state index < -0.39 is 38.0 Å². The average Bonchev–Trinajstić information content (AvgIpc) is 2.59. The summed E-state index contributed by atoms with van der Waals surface area (Å²) in [6, 6.07) is 10.4. The highest BCUT2D eigenvalue weighted by atomic mass is 32.2. The Morgan fingerprint density at radius 2 is 1.92 bits per heavy atom. The van der Waals surface area contributed by atoms with Gasteiger partial charge in [0, 0.05) is 12.1 Å². The van der Waals surface area contributed by atoms with Gasteiger partial charge in [0.25, 0.3) is 15.7 Å². The number of benzene rings is 2. The number of nitrogens with zero attached hydrogens (tertiary/aromatic N) is 2. The molecule has 0 atom stereocenters. The van der Waals surface area contributed by atoms with E-state index in [1.807, 2.05) is 0 Å². The summed E-state index contributed by atoms with van der Waals surface area (Å²) in [6.07, 6.45) is 0. The number of sulfonamides is 1. The number of anilines is 1. The van der Waals surface area contributed by atoms with Gasteiger partial charge >= 0.3 is 5.97 Å². The molecule has 0 saturated carbocycles. The number of carboxylic acids is 1. The van der Waals surface area contributed by atoms with Gasteiger partial charge in [0.15, 0.2) is 0 Å². The number of hydrogen-bond donors (Lipinski definition) is 1. The molecule has 0 unspecified atom stereocenters. The van der Waals surface area contributed by atoms with E-state index in [0.717, 1.165) is 18.2 Å². The molecule has 9 nitrogen and oxygen atoms in total. The second-order valence-corrected chi connectivity index (χ2v) is 6.69. The maximum Gasteiger partial charge on any atom is 0.324 e. The predicted molar refractivity (Wildman–Crippen MR) is 88.3 cm³/mol. The summed E-state index contributed by atoms with van der Waals surface area (Å²) in [7, 11) is -3.05. The molecule has 0 aromatic heterocycles. The molecule has 0 aliphatic carbocycles. The Hall–Kier alpha value is -3.14. The van der Waals surface area contributed by atoms with E-state index in [0.29, 0.717) is 4.31 Å². The van der Waals surface area contributed by atoms with Crippen LogP contribution in [-0.4, -0.2) is 38.1 Å². The minimum Gasteiger partial charge on any atom is -0.495 e. The molecule has 25 heavy (non-hydrogen) atoms. The van der Waals surface area contributed by atoms with Crippen LogP contribution in [0, 0.1) is 10.1 Å². The second-order valence-electron chi connectivity index (χ2n) is 4.83. The van der Waals surface area contributed by atoms with Crippen molar-refractivity contribution in [3.05, 3.63) is 58.6 Å². The Bertz CT molecular complexity index is 912. The number of ether oxygens (including phenoxy) is 1. The number of carboxylic acid groups (broad SMARTS) is 1. The fourth-order valence-corrected chi connectivity index (χ4v) is 3.61. The Balaban J connectivity index is 2.62. The molecule has 0 heterocycles. The number of methoxy groups -OCH3 is 1. The molecule has 0 radical (unpaired) electrons. The topological polar surface area (TPSA) is 127 Å². The van der Waals surface area contributed by atoms with E-state index >= 15 is 0 Å². The van der Waals surface area contributed by atoms with Gasteiger partial charge in [-0.2, -0.15) is 0 Å². The van der Waals surface area contributed by atoms with Gasteiger partial charge < -0.3 is 9.84 Å². The number of nitro benzene ring substituents is 1. The monoisotopic (exact) mass is 366 g/mol. The van der Waals surface area contributed by atoms with Crippen molar-refractivity contribution in [3.8, 4) is 5.75 Å². The Morgan fingerprint density at radius 1 is 1.24 bits per heavy atom. The lowest BCUT2D eigenvalue weighted by Crippen LogP contribution is -2.36. The molecule has 0 aliphatic rings. The van der Waals surface area contributed by atoms with Gasteiger partial charge in [0.1, 0.15) is 12.3 Å². The van der Waals surface area contributed by atoms with Crippen LogP contribution in [0.3, 0.4) is 0 Å². The molecule has 0 aliphatic heterocycles. The van der Waals surface area contributed by atoms with Crippen molar-refractivity contribution in [1.82, 2.24) is 0 Å². The van der Waals surface area contributed by atoms with Crippen LogP contribution < -0.4 is 9.04 Å². The van der Waals surface area contributed by atoms with E-state index in [9.17, 15) is 23.3 Å². The van der Waals surface area contributed by atoms with Crippen molar-refractivity contribution < 1.29 is 28.0 Å². The highest BCUT2D eigenvalue weighted by Crippen LogP contribution is 2.32. The lowest BCUT2D eigenvalue weighted by molar-refractivity contribution is -0.385. The van der Waals surface area contributed by atoms with Gasteiger partial charge in [-0.15, -0.1) is 0 Å². The molecule has 0 bridgehead atoms. The predicted octanol–water partition coefficient (Wildman–Crippen LogP) is 1.88. The molecular weight excluding hydrogens is 352 g/mol. The van der Waals surface area contributed by atoms with Crippen molar-refractivity contribution in [2.24, 2.45) is 0 Å². The molecule has 2 rings (SSSR count). The summed E-state index contributed by atoms with van der Waals surface area (Å²) in [5.41, 5.74) is -0.407. The van der Waals surface area contributed by atoms with E-state index in [4.69, 9.17) is 9.84 Å². The summed E-state index contributed by atoms with van der Waals surface area (Å²) in [6.45, 7) is -0.870. The zero-order valence-corrected chi connectivity index (χ0v) is 13.8. The van der Waals surface area contributed by atoms with Crippen LogP contribution in [0.15, 0.2) is 53.4 Å². The summed E-state index contributed by atoms with van der Waals surface area (Å²) in [4.78, 5) is 20.9. The van der Waals surface area contributed by atoms with Gasteiger partial charge in [-0.25, -0.2) is 8.42 Å². The summed E-state index contributed by atoms with van der Waals surface area (Å²) < 4.78 is 31.5. The fraction of sp³-hybridized carbons (Fsp3) is 0.133. The molecule has 2 aromatic rings. The van der Waals surface area contributed by atoms with Gasteiger partial charge in [-0.3, -0.25) is 19.2 Å². The lowest BCUT2D eigenvalue weighted by Gasteiger charge is -2.24. The lowest BCUT2D eigenvalue weighted by atomic mass is 10.3. The van der Waals surface area contributed by atoms with Gasteiger partial charge in [-0.05, 0) is 18.2 Å². The first kappa shape index (κ1) is 18.2. The summed E-state index contributed by atoms with van der Waals surface area (Å²) >= 11 is 0. The highest BCUT2D eigenvalue weighted by Gasteiger charge is 2.30. The SMILES string of the molecule is COc1ccccc1N(CC(=O)O)S(=O)(=O)c1cccc([N+](=O)[O-])c1. The maximum absolute atomic E-state index is 12.9. The van der Waals surface area contributed by atoms with Crippen LogP contribution in [0.5, 0.6) is 5.75 Å². The zero-order valence-electron chi connectivity index (χ0n) is 13.0. The van der Waals surface area contributed by atoms with E-state index in [-0.39, 0.29) is 11.4 Å². The minimum absolute atomic E-state index is 0.0129. The molecular formula is C15H14N2O7S. The first-order valence-electron chi connectivity index (χ1n) is 6.89. The first-order chi connectivity index (χ1) is 11.8. The number of carbonyl (C=O) groups is 1. The standard InChI is InChI=1S/C15H14N2O7S/c1-24-14-8-3-2-7-13(14)16(10-15(18)19)25(22,23)12-6-4-5-11(9-12)17(20)21/h2-9H,10H2,1H3,(H,18,19). The minimum atomic E-state index is -4.37. The first-order valence-corrected chi connectivity index (χ1v) is 8.33. The third-order valence-electron chi connectivity index (χ3n) is 3.25. The van der Waals surface area contributed by atoms with Gasteiger partial charge in [0.05, 0.1) is 22.6 Å². The summed E-state index contributed by atoms with van der Waals surface area (Å²) in [5.74, 6) is -1.24. The molecule has 10 heteroatoms. The van der Waals surface area contributed by atoms with Gasteiger partial charge in [0.2, 0.25) is 0 Å². The quantitative estimate of drug-likeness (QED) is 0.585. The Morgan fingerprint density at radius 3 is 2.52 bits per heavy atom. The number of para-hydroxylation sites is 2. The molecule has 0 fully saturated rings. The Labute approximate surface area is 143 Å². The number of hydrogen-bond acceptors (Lipinski definition) is 6. The molecule has 1 N–H and O–H groups in total. The molecule has 132 valence electrons. The largest absolute Gasteiger partial charge is 0.495 e. The number of rotatable bonds is 7. The van der Waals surface area contributed by atoms with E-state index in [2.05, 4.69) is 0 Å². The molecule has 0 spiro atoms. The third-order valence-corrected chi connectivity index (χ3v) is 5.00. The zero-order chi connectivity index (χ0) is 18.6. The van der Waals surface area contributed by atoms with Crippen molar-refractivity contribution in [2.75, 3.05) is 18.0 Å². The van der Waals surface area contributed by atoms with Crippen molar-refractivity contribution in [3.63, 3.8) is 0 Å². The second kappa shape index (κ2) is 7.18. The van der Waals surface area contributed by atoms with E-state index in [1.165, 1.54) is 31.4 Å². The molecule has 0 saturated heterocycles. The number of non-ortho nitro benzene ring substituents is 1. The van der Waals surface area contributed by atoms with Crippen molar-refractivity contribution in [1.29, 1.82) is 0 Å². The van der Waals surface area contributed by atoms with E-state index in [1.54, 1.807) is 6.07 Å². The van der Waals surface area contributed by atoms with Crippen LogP contribution >= 0.6 is 0 Å². The molecule has 2 aromatic carbocycles. The number of nitro groups is 1. The van der Waals surface area contributed by atoms with Crippen LogP contribution in [-0.2, 0) is 14.8 Å². The van der Waals surface area contributed by atoms with Crippen molar-refractivity contribution >= 4 is 27.4 Å². The molecule has 0 amide bonds. The average molecular weight is 366 g/mol. The summed E-state index contributed by atoms with van der Waals surface area (Å²) in [5, 5.41) is 20.0. The van der Waals surface area contributed by atoms with Gasteiger partial charge in [-0.1, -0.05) is 18.2 Å². The Kier molecular flexibility index (Phi) is 5.22. The highest BCUT2D eigenvalue weighted by molar-refractivity contribution is 7.92. The smallest absolute Gasteiger partial charge is 0.324 e. The van der Waals surface area contributed by atoms with Crippen LogP contribution in [0.25, 0.3) is 0 Å². The number of aliphatic carboxylic acids is 1. The van der Waals surface area contributed by atoms with Crippen LogP contribution in [0.4, 0.5) is 11.4 Å². The fourth-order valence-electron chi connectivity index (χ4n) is 2.14. The third kappa shape index (κ3) is 3.86. The van der Waals surface area contributed by atoms with Crippen LogP contribution in [0.1, 0.15) is 0 Å². The van der Waals surface area contributed by atoms with Crippen LogP contribution in [0.2, 0.25) is 0 Å². The normalized spacial score (nSPS) is 10.9. The van der Waals surface area contributed by atoms with Crippen molar-refractivity contribution in [2.45, 2.75) is 4.90 Å².